The Hall–Kier alpha value is -2.55. The van der Waals surface area contributed by atoms with Gasteiger partial charge in [0.2, 0.25) is 5.82 Å². The van der Waals surface area contributed by atoms with Crippen LogP contribution in [0.3, 0.4) is 0 Å². The van der Waals surface area contributed by atoms with E-state index < -0.39 is 0 Å². The predicted octanol–water partition coefficient (Wildman–Crippen LogP) is 0.632. The number of hydrogen-bond donors (Lipinski definition) is 1. The van der Waals surface area contributed by atoms with Crippen molar-refractivity contribution in [2.45, 2.75) is 39.3 Å². The molecule has 1 aliphatic rings. The van der Waals surface area contributed by atoms with Crippen LogP contribution < -0.4 is 9.80 Å². The second-order valence-electron chi connectivity index (χ2n) is 7.36. The van der Waals surface area contributed by atoms with E-state index in [1.807, 2.05) is 16.8 Å². The fourth-order valence-corrected chi connectivity index (χ4v) is 3.20. The van der Waals surface area contributed by atoms with Crippen LogP contribution in [0.15, 0.2) is 24.3 Å². The second kappa shape index (κ2) is 7.36. The summed E-state index contributed by atoms with van der Waals surface area (Å²) in [6.07, 6.45) is 0.967. The van der Waals surface area contributed by atoms with Gasteiger partial charge in [0.1, 0.15) is 6.54 Å². The van der Waals surface area contributed by atoms with Gasteiger partial charge >= 0.3 is 0 Å². The number of nitrogens with one attached hydrogen (secondary N) is 1. The van der Waals surface area contributed by atoms with Crippen LogP contribution in [0, 0.1) is 10.1 Å². The van der Waals surface area contributed by atoms with Crippen LogP contribution in [0.5, 0.6) is 0 Å². The fourth-order valence-electron chi connectivity index (χ4n) is 3.20. The molecule has 2 aromatic rings. The summed E-state index contributed by atoms with van der Waals surface area (Å²) in [5.41, 5.74) is 1.08. The summed E-state index contributed by atoms with van der Waals surface area (Å²) in [6.45, 7) is 11.0. The summed E-state index contributed by atoms with van der Waals surface area (Å²) < 4.78 is 1.95. The number of hydrogen-bond acceptors (Lipinski definition) is 6. The lowest BCUT2D eigenvalue weighted by Gasteiger charge is -2.33. The summed E-state index contributed by atoms with van der Waals surface area (Å²) in [4.78, 5) is 14.1. The number of tetrazole rings is 1. The van der Waals surface area contributed by atoms with Crippen LogP contribution in [0.2, 0.25) is 0 Å². The standard InChI is InChI=1S/C17H25N7O2/c1-4-17(2,3)23-16(18-19-20-23)13-21-9-11-22(12-10-21)14-5-7-15(8-6-14)24(25)26/h5-8H,4,9-13H2,1-3H3/p+1. The number of nitrogens with zero attached hydrogens (tertiary/aromatic N) is 6. The van der Waals surface area contributed by atoms with Crippen molar-refractivity contribution in [1.29, 1.82) is 0 Å². The maximum Gasteiger partial charge on any atom is 0.269 e. The maximum atomic E-state index is 10.8. The SMILES string of the molecule is CCC(C)(C)n1nnnc1C[NH+]1CCN(c2ccc([N+](=O)[O-])cc2)CC1. The third kappa shape index (κ3) is 3.82. The molecule has 3 rings (SSSR count). The second-order valence-corrected chi connectivity index (χ2v) is 7.36. The first-order chi connectivity index (χ1) is 12.4. The average molecular weight is 360 g/mol. The van der Waals surface area contributed by atoms with Gasteiger partial charge in [-0.05, 0) is 42.8 Å². The molecule has 1 fully saturated rings. The quantitative estimate of drug-likeness (QED) is 0.600. The maximum absolute atomic E-state index is 10.8. The van der Waals surface area contributed by atoms with E-state index in [0.29, 0.717) is 0 Å². The van der Waals surface area contributed by atoms with Crippen LogP contribution >= 0.6 is 0 Å². The first-order valence-electron chi connectivity index (χ1n) is 9.01. The molecule has 1 aromatic carbocycles. The van der Waals surface area contributed by atoms with Crippen molar-refractivity contribution in [3.05, 3.63) is 40.2 Å². The van der Waals surface area contributed by atoms with Gasteiger partial charge in [-0.1, -0.05) is 6.92 Å². The highest BCUT2D eigenvalue weighted by molar-refractivity contribution is 5.50. The largest absolute Gasteiger partial charge is 0.360 e. The number of anilines is 1. The number of piperazine rings is 1. The molecule has 140 valence electrons. The Bertz CT molecular complexity index is 749. The zero-order valence-corrected chi connectivity index (χ0v) is 15.6. The Kier molecular flexibility index (Phi) is 5.17. The van der Waals surface area contributed by atoms with Gasteiger partial charge < -0.3 is 9.80 Å². The molecule has 9 heteroatoms. The van der Waals surface area contributed by atoms with Gasteiger partial charge in [0.25, 0.3) is 5.69 Å². The lowest BCUT2D eigenvalue weighted by atomic mass is 10.0. The number of benzene rings is 1. The lowest BCUT2D eigenvalue weighted by molar-refractivity contribution is -0.915. The Morgan fingerprint density at radius 1 is 1.23 bits per heavy atom. The molecule has 1 saturated heterocycles. The number of nitro benzene ring substituents is 1. The zero-order valence-electron chi connectivity index (χ0n) is 15.6. The first-order valence-corrected chi connectivity index (χ1v) is 9.01. The molecule has 1 N–H and O–H groups in total. The molecule has 9 nitrogen and oxygen atoms in total. The van der Waals surface area contributed by atoms with Crippen molar-refractivity contribution in [3.63, 3.8) is 0 Å². The van der Waals surface area contributed by atoms with E-state index in [4.69, 9.17) is 0 Å². The van der Waals surface area contributed by atoms with Crippen LogP contribution in [0.4, 0.5) is 11.4 Å². The van der Waals surface area contributed by atoms with Gasteiger partial charge in [0.15, 0.2) is 0 Å². The van der Waals surface area contributed by atoms with E-state index in [-0.39, 0.29) is 16.1 Å². The Balaban J connectivity index is 1.59. The highest BCUT2D eigenvalue weighted by atomic mass is 16.6. The third-order valence-corrected chi connectivity index (χ3v) is 5.28. The molecule has 0 bridgehead atoms. The smallest absolute Gasteiger partial charge is 0.269 e. The highest BCUT2D eigenvalue weighted by Crippen LogP contribution is 2.20. The third-order valence-electron chi connectivity index (χ3n) is 5.28. The van der Waals surface area contributed by atoms with Crippen molar-refractivity contribution in [2.24, 2.45) is 0 Å². The minimum atomic E-state index is -0.367. The molecule has 0 unspecified atom stereocenters. The monoisotopic (exact) mass is 360 g/mol. The van der Waals surface area contributed by atoms with Crippen molar-refractivity contribution < 1.29 is 9.82 Å². The van der Waals surface area contributed by atoms with Gasteiger partial charge in [0, 0.05) is 17.8 Å². The molecular weight excluding hydrogens is 334 g/mol. The molecule has 0 amide bonds. The number of aromatic nitrogens is 4. The van der Waals surface area contributed by atoms with Gasteiger partial charge in [-0.25, -0.2) is 4.68 Å². The minimum Gasteiger partial charge on any atom is -0.360 e. The number of non-ortho nitro benzene ring substituents is 1. The highest BCUT2D eigenvalue weighted by Gasteiger charge is 2.27. The Morgan fingerprint density at radius 2 is 1.88 bits per heavy atom. The molecule has 1 aromatic heterocycles. The minimum absolute atomic E-state index is 0.0845. The first kappa shape index (κ1) is 18.2. The molecule has 26 heavy (non-hydrogen) atoms. The van der Waals surface area contributed by atoms with Gasteiger partial charge in [-0.3, -0.25) is 10.1 Å². The molecule has 0 atom stereocenters. The van der Waals surface area contributed by atoms with Crippen molar-refractivity contribution in [1.82, 2.24) is 20.2 Å². The van der Waals surface area contributed by atoms with E-state index in [0.717, 1.165) is 50.7 Å². The molecule has 1 aliphatic heterocycles. The molecular formula is C17H26N7O2+. The summed E-state index contributed by atoms with van der Waals surface area (Å²) in [5.74, 6) is 0.927. The lowest BCUT2D eigenvalue weighted by Crippen LogP contribution is -3.13. The van der Waals surface area contributed by atoms with Gasteiger partial charge in [0.05, 0.1) is 36.6 Å². The van der Waals surface area contributed by atoms with E-state index in [1.54, 1.807) is 12.1 Å². The Morgan fingerprint density at radius 3 is 2.46 bits per heavy atom. The van der Waals surface area contributed by atoms with E-state index in [1.165, 1.54) is 4.90 Å². The summed E-state index contributed by atoms with van der Waals surface area (Å²) in [6, 6.07) is 6.78. The van der Waals surface area contributed by atoms with Crippen LogP contribution in [-0.4, -0.2) is 51.3 Å². The van der Waals surface area contributed by atoms with Crippen molar-refractivity contribution in [2.75, 3.05) is 31.1 Å². The molecule has 2 heterocycles. The van der Waals surface area contributed by atoms with Crippen molar-refractivity contribution >= 4 is 11.4 Å². The van der Waals surface area contributed by atoms with Crippen molar-refractivity contribution in [3.8, 4) is 0 Å². The van der Waals surface area contributed by atoms with Crippen LogP contribution in [0.25, 0.3) is 0 Å². The predicted molar refractivity (Wildman–Crippen MR) is 97.1 cm³/mol. The van der Waals surface area contributed by atoms with Crippen LogP contribution in [0.1, 0.15) is 33.0 Å². The topological polar surface area (TPSA) is 94.4 Å². The number of rotatable bonds is 6. The molecule has 0 spiro atoms. The van der Waals surface area contributed by atoms with Gasteiger partial charge in [-0.2, -0.15) is 0 Å². The Labute approximate surface area is 152 Å². The average Bonchev–Trinajstić information content (AvgIpc) is 3.11. The molecule has 0 radical (unpaired) electrons. The molecule has 0 saturated carbocycles. The number of quaternary nitrogens is 1. The fraction of sp³-hybridized carbons (Fsp3) is 0.588. The summed E-state index contributed by atoms with van der Waals surface area (Å²) >= 11 is 0. The summed E-state index contributed by atoms with van der Waals surface area (Å²) in [5, 5.41) is 23.1. The van der Waals surface area contributed by atoms with Crippen LogP contribution in [-0.2, 0) is 12.1 Å². The zero-order chi connectivity index (χ0) is 18.7. The summed E-state index contributed by atoms with van der Waals surface area (Å²) in [7, 11) is 0. The van der Waals surface area contributed by atoms with E-state index in [2.05, 4.69) is 41.2 Å². The van der Waals surface area contributed by atoms with E-state index >= 15 is 0 Å². The molecule has 0 aliphatic carbocycles. The number of nitro groups is 1. The normalized spacial score (nSPS) is 16.0. The van der Waals surface area contributed by atoms with E-state index in [9.17, 15) is 10.1 Å². The van der Waals surface area contributed by atoms with Gasteiger partial charge in [-0.15, -0.1) is 5.10 Å².